The number of ether oxygens (including phenoxy) is 1. The maximum Gasteiger partial charge on any atom is 0.407 e. The van der Waals surface area contributed by atoms with E-state index in [1.54, 1.807) is 20.8 Å². The smallest absolute Gasteiger partial charge is 0.407 e. The minimum atomic E-state index is -0.582. The Morgan fingerprint density at radius 1 is 0.969 bits per heavy atom. The van der Waals surface area contributed by atoms with Crippen LogP contribution in [0.25, 0.3) is 5.69 Å². The highest BCUT2D eigenvalue weighted by Gasteiger charge is 2.16. The van der Waals surface area contributed by atoms with Gasteiger partial charge in [0.2, 0.25) is 0 Å². The highest BCUT2D eigenvalue weighted by atomic mass is 16.6. The lowest BCUT2D eigenvalue weighted by molar-refractivity contribution is 0.0526. The normalized spacial score (nSPS) is 11.2. The minimum absolute atomic E-state index is 0.190. The predicted octanol–water partition coefficient (Wildman–Crippen LogP) is 3.50. The molecule has 7 nitrogen and oxygen atoms in total. The molecule has 32 heavy (non-hydrogen) atoms. The Balaban J connectivity index is 1.77. The molecule has 0 unspecified atom stereocenters. The van der Waals surface area contributed by atoms with Crippen molar-refractivity contribution in [2.24, 2.45) is 0 Å². The molecule has 0 spiro atoms. The average Bonchev–Trinajstić information content (AvgIpc) is 2.73. The van der Waals surface area contributed by atoms with Gasteiger partial charge in [-0.15, -0.1) is 0 Å². The zero-order valence-corrected chi connectivity index (χ0v) is 18.7. The van der Waals surface area contributed by atoms with Crippen LogP contribution in [0.3, 0.4) is 0 Å². The molecule has 1 heterocycles. The maximum atomic E-state index is 13.1. The van der Waals surface area contributed by atoms with Crippen LogP contribution < -0.4 is 16.6 Å². The van der Waals surface area contributed by atoms with Crippen LogP contribution in [0, 0.1) is 0 Å². The zero-order chi connectivity index (χ0) is 23.1. The van der Waals surface area contributed by atoms with Gasteiger partial charge in [-0.05, 0) is 50.8 Å². The SMILES string of the molecule is CC(C)(C)OC(=O)NCCCn1c(=O)ccn(-c2ccccc2Cc2ccccc2)c1=O. The molecular formula is C25H29N3O4. The van der Waals surface area contributed by atoms with Crippen LogP contribution in [0.4, 0.5) is 4.79 Å². The van der Waals surface area contributed by atoms with Crippen molar-refractivity contribution >= 4 is 6.09 Å². The number of carbonyl (C=O) groups excluding carboxylic acids is 1. The van der Waals surface area contributed by atoms with Gasteiger partial charge < -0.3 is 10.1 Å². The Morgan fingerprint density at radius 3 is 2.38 bits per heavy atom. The molecule has 1 amide bonds. The number of hydrogen-bond acceptors (Lipinski definition) is 4. The summed E-state index contributed by atoms with van der Waals surface area (Å²) in [5, 5.41) is 2.65. The van der Waals surface area contributed by atoms with Crippen molar-refractivity contribution in [2.75, 3.05) is 6.54 Å². The molecule has 0 fully saturated rings. The number of nitrogens with zero attached hydrogens (tertiary/aromatic N) is 2. The van der Waals surface area contributed by atoms with Gasteiger partial charge >= 0.3 is 11.8 Å². The quantitative estimate of drug-likeness (QED) is 0.576. The number of aromatic nitrogens is 2. The molecule has 168 valence electrons. The van der Waals surface area contributed by atoms with Gasteiger partial charge in [-0.1, -0.05) is 48.5 Å². The Hall–Kier alpha value is -3.61. The largest absolute Gasteiger partial charge is 0.444 e. The summed E-state index contributed by atoms with van der Waals surface area (Å²) in [6.45, 7) is 5.84. The van der Waals surface area contributed by atoms with Crippen molar-refractivity contribution in [2.45, 2.75) is 45.8 Å². The van der Waals surface area contributed by atoms with Gasteiger partial charge in [0.1, 0.15) is 5.60 Å². The number of alkyl carbamates (subject to hydrolysis) is 1. The Kier molecular flexibility index (Phi) is 7.30. The summed E-state index contributed by atoms with van der Waals surface area (Å²) in [6.07, 6.45) is 2.08. The fourth-order valence-electron chi connectivity index (χ4n) is 3.36. The Bertz CT molecular complexity index is 1170. The van der Waals surface area contributed by atoms with Crippen LogP contribution in [0.5, 0.6) is 0 Å². The summed E-state index contributed by atoms with van der Waals surface area (Å²) in [5.41, 5.74) is 1.50. The maximum absolute atomic E-state index is 13.1. The molecular weight excluding hydrogens is 406 g/mol. The molecule has 3 rings (SSSR count). The molecule has 0 radical (unpaired) electrons. The van der Waals surface area contributed by atoms with Gasteiger partial charge in [0.15, 0.2) is 0 Å². The van der Waals surface area contributed by atoms with Crippen LogP contribution in [-0.4, -0.2) is 27.4 Å². The van der Waals surface area contributed by atoms with Crippen molar-refractivity contribution < 1.29 is 9.53 Å². The highest BCUT2D eigenvalue weighted by Crippen LogP contribution is 2.17. The topological polar surface area (TPSA) is 82.3 Å². The first kappa shape index (κ1) is 23.1. The monoisotopic (exact) mass is 435 g/mol. The summed E-state index contributed by atoms with van der Waals surface area (Å²) >= 11 is 0. The lowest BCUT2D eigenvalue weighted by atomic mass is 10.0. The van der Waals surface area contributed by atoms with E-state index in [-0.39, 0.29) is 12.1 Å². The lowest BCUT2D eigenvalue weighted by Crippen LogP contribution is -2.39. The number of amides is 1. The fraction of sp³-hybridized carbons (Fsp3) is 0.320. The van der Waals surface area contributed by atoms with Gasteiger partial charge in [-0.3, -0.25) is 13.9 Å². The molecule has 7 heteroatoms. The summed E-state index contributed by atoms with van der Waals surface area (Å²) in [7, 11) is 0. The first-order chi connectivity index (χ1) is 15.2. The Morgan fingerprint density at radius 2 is 1.66 bits per heavy atom. The van der Waals surface area contributed by atoms with E-state index in [1.807, 2.05) is 54.6 Å². The van der Waals surface area contributed by atoms with E-state index < -0.39 is 17.4 Å². The van der Waals surface area contributed by atoms with E-state index in [4.69, 9.17) is 4.74 Å². The van der Waals surface area contributed by atoms with Crippen LogP contribution >= 0.6 is 0 Å². The second kappa shape index (κ2) is 10.1. The molecule has 1 aromatic heterocycles. The first-order valence-electron chi connectivity index (χ1n) is 10.7. The molecule has 0 atom stereocenters. The first-order valence-corrected chi connectivity index (χ1v) is 10.7. The zero-order valence-electron chi connectivity index (χ0n) is 18.7. The number of carbonyl (C=O) groups is 1. The Labute approximate surface area is 187 Å². The van der Waals surface area contributed by atoms with Crippen LogP contribution in [-0.2, 0) is 17.7 Å². The third-order valence-electron chi connectivity index (χ3n) is 4.78. The van der Waals surface area contributed by atoms with Crippen molar-refractivity contribution in [3.8, 4) is 5.69 Å². The number of benzene rings is 2. The fourth-order valence-corrected chi connectivity index (χ4v) is 3.36. The summed E-state index contributed by atoms with van der Waals surface area (Å²) in [5.74, 6) is 0. The summed E-state index contributed by atoms with van der Waals surface area (Å²) in [6, 6.07) is 19.1. The van der Waals surface area contributed by atoms with E-state index in [2.05, 4.69) is 5.32 Å². The van der Waals surface area contributed by atoms with Crippen LogP contribution in [0.15, 0.2) is 76.4 Å². The van der Waals surface area contributed by atoms with Gasteiger partial charge in [0.25, 0.3) is 5.56 Å². The van der Waals surface area contributed by atoms with E-state index in [1.165, 1.54) is 21.4 Å². The van der Waals surface area contributed by atoms with Gasteiger partial charge in [-0.25, -0.2) is 9.59 Å². The van der Waals surface area contributed by atoms with Crippen LogP contribution in [0.2, 0.25) is 0 Å². The van der Waals surface area contributed by atoms with Crippen molar-refractivity contribution in [3.05, 3.63) is 98.8 Å². The van der Waals surface area contributed by atoms with Crippen LogP contribution in [0.1, 0.15) is 38.3 Å². The van der Waals surface area contributed by atoms with Crippen molar-refractivity contribution in [1.82, 2.24) is 14.5 Å². The molecule has 0 saturated heterocycles. The summed E-state index contributed by atoms with van der Waals surface area (Å²) in [4.78, 5) is 37.2. The third-order valence-corrected chi connectivity index (χ3v) is 4.78. The third kappa shape index (κ3) is 6.20. The molecule has 1 N–H and O–H groups in total. The number of rotatable bonds is 7. The number of hydrogen-bond donors (Lipinski definition) is 1. The standard InChI is InChI=1S/C25H29N3O4/c1-25(2,3)32-23(30)26-15-9-16-28-22(29)14-17-27(24(28)31)21-13-8-7-12-20(21)18-19-10-5-4-6-11-19/h4-8,10-14,17H,9,15-16,18H2,1-3H3,(H,26,30). The molecule has 2 aromatic carbocycles. The van der Waals surface area contributed by atoms with Gasteiger partial charge in [0.05, 0.1) is 5.69 Å². The number of nitrogens with one attached hydrogen (secondary N) is 1. The number of para-hydroxylation sites is 1. The highest BCUT2D eigenvalue weighted by molar-refractivity contribution is 5.67. The molecule has 0 aliphatic rings. The van der Waals surface area contributed by atoms with Crippen molar-refractivity contribution in [1.29, 1.82) is 0 Å². The molecule has 0 saturated carbocycles. The molecule has 0 aliphatic heterocycles. The second-order valence-corrected chi connectivity index (χ2v) is 8.53. The second-order valence-electron chi connectivity index (χ2n) is 8.53. The summed E-state index contributed by atoms with van der Waals surface area (Å²) < 4.78 is 7.88. The van der Waals surface area contributed by atoms with E-state index in [0.29, 0.717) is 19.4 Å². The van der Waals surface area contributed by atoms with E-state index >= 15 is 0 Å². The minimum Gasteiger partial charge on any atom is -0.444 e. The average molecular weight is 436 g/mol. The van der Waals surface area contributed by atoms with Gasteiger partial charge in [0, 0.05) is 25.4 Å². The van der Waals surface area contributed by atoms with E-state index in [9.17, 15) is 14.4 Å². The predicted molar refractivity (Wildman–Crippen MR) is 124 cm³/mol. The van der Waals surface area contributed by atoms with E-state index in [0.717, 1.165) is 16.8 Å². The molecule has 0 bridgehead atoms. The van der Waals surface area contributed by atoms with Crippen molar-refractivity contribution in [3.63, 3.8) is 0 Å². The lowest BCUT2D eigenvalue weighted by Gasteiger charge is -2.19. The van der Waals surface area contributed by atoms with Gasteiger partial charge in [-0.2, -0.15) is 0 Å². The molecule has 0 aliphatic carbocycles. The molecule has 3 aromatic rings.